The summed E-state index contributed by atoms with van der Waals surface area (Å²) in [7, 11) is -3.68. The van der Waals surface area contributed by atoms with E-state index in [-0.39, 0.29) is 35.6 Å². The largest absolute Gasteiger partial charge is 0.449 e. The second kappa shape index (κ2) is 11.7. The number of ether oxygens (including phenoxy) is 1. The van der Waals surface area contributed by atoms with E-state index < -0.39 is 21.4 Å². The minimum Gasteiger partial charge on any atom is -0.449 e. The first-order valence-corrected chi connectivity index (χ1v) is 18.0. The third kappa shape index (κ3) is 5.36. The van der Waals surface area contributed by atoms with Crippen LogP contribution in [0.25, 0.3) is 0 Å². The summed E-state index contributed by atoms with van der Waals surface area (Å²) in [6.45, 7) is 9.63. The fourth-order valence-corrected chi connectivity index (χ4v) is 12.5. The van der Waals surface area contributed by atoms with Crippen LogP contribution in [0.1, 0.15) is 118 Å². The van der Waals surface area contributed by atoms with E-state index in [9.17, 15) is 23.4 Å². The van der Waals surface area contributed by atoms with E-state index in [0.717, 1.165) is 70.6 Å². The van der Waals surface area contributed by atoms with E-state index >= 15 is 0 Å². The highest BCUT2D eigenvalue weighted by Crippen LogP contribution is 2.69. The van der Waals surface area contributed by atoms with Crippen molar-refractivity contribution < 1.29 is 28.2 Å². The molecule has 5 rings (SSSR count). The Hall–Kier alpha value is -0.860. The van der Waals surface area contributed by atoms with Gasteiger partial charge in [0.2, 0.25) is 10.0 Å². The molecule has 0 spiro atoms. The molecule has 0 unspecified atom stereocenters. The van der Waals surface area contributed by atoms with Crippen LogP contribution >= 0.6 is 0 Å². The predicted molar refractivity (Wildman–Crippen MR) is 156 cm³/mol. The molecule has 230 valence electrons. The Morgan fingerprint density at radius 2 is 1.62 bits per heavy atom. The number of rotatable bonds is 7. The number of hydrogen-bond acceptors (Lipinski definition) is 6. The lowest BCUT2D eigenvalue weighted by Crippen LogP contribution is -2.62. The molecule has 0 saturated heterocycles. The van der Waals surface area contributed by atoms with E-state index in [2.05, 4.69) is 32.4 Å². The van der Waals surface area contributed by atoms with Gasteiger partial charge in [-0.25, -0.2) is 17.9 Å². The van der Waals surface area contributed by atoms with Crippen LogP contribution in [-0.2, 0) is 14.8 Å². The predicted octanol–water partition coefficient (Wildman–Crippen LogP) is 6.03. The van der Waals surface area contributed by atoms with Crippen LogP contribution in [-0.4, -0.2) is 48.8 Å². The summed E-state index contributed by atoms with van der Waals surface area (Å²) in [5, 5.41) is 21.9. The van der Waals surface area contributed by atoms with Crippen LogP contribution in [0.4, 0.5) is 4.79 Å². The lowest BCUT2D eigenvalue weighted by Gasteiger charge is -2.64. The fraction of sp³-hybridized carbons (Fsp3) is 0.969. The van der Waals surface area contributed by atoms with Gasteiger partial charge in [-0.3, -0.25) is 0 Å². The minimum absolute atomic E-state index is 0.157. The van der Waals surface area contributed by atoms with E-state index in [1.165, 1.54) is 6.42 Å². The third-order valence-electron chi connectivity index (χ3n) is 13.2. The zero-order valence-corrected chi connectivity index (χ0v) is 26.1. The molecule has 40 heavy (non-hydrogen) atoms. The van der Waals surface area contributed by atoms with Gasteiger partial charge in [0.1, 0.15) is 0 Å². The molecule has 3 N–H and O–H groups in total. The van der Waals surface area contributed by atoms with E-state index in [0.29, 0.717) is 48.3 Å². The number of sulfonamides is 1. The number of carbonyl (C=O) groups is 1. The Balaban J connectivity index is 1.21. The average Bonchev–Trinajstić information content (AvgIpc) is 3.27. The first-order valence-electron chi connectivity index (χ1n) is 16.5. The molecule has 0 aliphatic heterocycles. The van der Waals surface area contributed by atoms with E-state index in [1.807, 2.05) is 0 Å². The molecule has 5 saturated carbocycles. The normalized spacial score (nSPS) is 44.6. The van der Waals surface area contributed by atoms with Crippen LogP contribution in [0.3, 0.4) is 0 Å². The second-order valence-corrected chi connectivity index (χ2v) is 16.9. The van der Waals surface area contributed by atoms with Gasteiger partial charge < -0.3 is 14.9 Å². The zero-order chi connectivity index (χ0) is 28.9. The summed E-state index contributed by atoms with van der Waals surface area (Å²) >= 11 is 0. The molecule has 1 amide bonds. The van der Waals surface area contributed by atoms with Gasteiger partial charge in [-0.1, -0.05) is 53.4 Å². The zero-order valence-electron chi connectivity index (χ0n) is 25.3. The van der Waals surface area contributed by atoms with Crippen molar-refractivity contribution in [1.82, 2.24) is 4.72 Å². The molecule has 11 atom stereocenters. The lowest BCUT2D eigenvalue weighted by atomic mass is 9.41. The number of amides is 1. The average molecular weight is 582 g/mol. The molecule has 5 fully saturated rings. The van der Waals surface area contributed by atoms with Crippen molar-refractivity contribution in [2.45, 2.75) is 135 Å². The summed E-state index contributed by atoms with van der Waals surface area (Å²) in [6, 6.07) is 0. The molecular formula is C32H55NO6S. The third-order valence-corrected chi connectivity index (χ3v) is 15.0. The Morgan fingerprint density at radius 3 is 2.33 bits per heavy atom. The summed E-state index contributed by atoms with van der Waals surface area (Å²) in [6.07, 6.45) is 11.8. The van der Waals surface area contributed by atoms with Crippen LogP contribution in [0.5, 0.6) is 0 Å². The van der Waals surface area contributed by atoms with Crippen LogP contribution < -0.4 is 4.72 Å². The molecule has 0 radical (unpaired) electrons. The van der Waals surface area contributed by atoms with Gasteiger partial charge in [-0.2, -0.15) is 0 Å². The number of hydrogen-bond donors (Lipinski definition) is 3. The quantitative estimate of drug-likeness (QED) is 0.339. The number of carbonyl (C=O) groups excluding carboxylic acids is 1. The summed E-state index contributed by atoms with van der Waals surface area (Å²) in [4.78, 5) is 12.4. The standard InChI is InChI=1S/C32H55NO6S/c1-5-23-27-19-21(34)13-16-32(27,4)26-14-17-31(3)24(11-12-25(31)28(26)29(23)35)20(2)15-18-39-30(36)33-40(37,38)22-9-7-6-8-10-22/h20-29,34-35H,5-19H2,1-4H3,(H,33,36)/t20-,21-,23-,24-,25+,26+,27+,28+,29-,31-,32-/m1/s1. The number of fused-ring (bicyclic) bond motifs is 5. The van der Waals surface area contributed by atoms with Gasteiger partial charge in [-0.05, 0) is 116 Å². The molecule has 0 aromatic carbocycles. The SMILES string of the molecule is CC[C@H]1[C@@H](O)[C@@H]2[C@H](CC[C@]3(C)[C@@H]([C@H](C)CCOC(=O)NS(=O)(=O)C4CCCCC4)CC[C@@H]23)[C@@]2(C)CC[C@@H](O)C[C@@H]12. The molecule has 0 aromatic rings. The number of aliphatic hydroxyl groups is 2. The van der Waals surface area contributed by atoms with E-state index in [4.69, 9.17) is 4.74 Å². The van der Waals surface area contributed by atoms with Gasteiger partial charge in [-0.15, -0.1) is 0 Å². The maximum atomic E-state index is 12.6. The van der Waals surface area contributed by atoms with Crippen molar-refractivity contribution in [2.75, 3.05) is 6.61 Å². The van der Waals surface area contributed by atoms with Crippen LogP contribution in [0.2, 0.25) is 0 Å². The molecule has 5 aliphatic rings. The Morgan fingerprint density at radius 1 is 0.950 bits per heavy atom. The topological polar surface area (TPSA) is 113 Å². The summed E-state index contributed by atoms with van der Waals surface area (Å²) in [5.74, 6) is 2.86. The van der Waals surface area contributed by atoms with Crippen molar-refractivity contribution in [1.29, 1.82) is 0 Å². The first kappa shape index (κ1) is 30.6. The summed E-state index contributed by atoms with van der Waals surface area (Å²) in [5.41, 5.74) is 0.359. The second-order valence-electron chi connectivity index (χ2n) is 14.9. The van der Waals surface area contributed by atoms with Crippen molar-refractivity contribution in [3.8, 4) is 0 Å². The van der Waals surface area contributed by atoms with Crippen molar-refractivity contribution in [3.05, 3.63) is 0 Å². The fourth-order valence-electron chi connectivity index (χ4n) is 11.1. The van der Waals surface area contributed by atoms with Gasteiger partial charge in [0, 0.05) is 0 Å². The highest BCUT2D eigenvalue weighted by Gasteiger charge is 2.64. The summed E-state index contributed by atoms with van der Waals surface area (Å²) < 4.78 is 32.7. The Kier molecular flexibility index (Phi) is 8.93. The van der Waals surface area contributed by atoms with Crippen molar-refractivity contribution in [2.24, 2.45) is 52.3 Å². The van der Waals surface area contributed by atoms with Gasteiger partial charge in [0.25, 0.3) is 0 Å². The van der Waals surface area contributed by atoms with Crippen LogP contribution in [0.15, 0.2) is 0 Å². The van der Waals surface area contributed by atoms with E-state index in [1.54, 1.807) is 0 Å². The highest BCUT2D eigenvalue weighted by atomic mass is 32.2. The Bertz CT molecular complexity index is 1010. The molecule has 7 nitrogen and oxygen atoms in total. The molecular weight excluding hydrogens is 526 g/mol. The number of aliphatic hydroxyl groups excluding tert-OH is 2. The maximum Gasteiger partial charge on any atom is 0.420 e. The van der Waals surface area contributed by atoms with Crippen molar-refractivity contribution >= 4 is 16.1 Å². The molecule has 0 heterocycles. The Labute approximate surface area is 242 Å². The first-order chi connectivity index (χ1) is 18.9. The highest BCUT2D eigenvalue weighted by molar-refractivity contribution is 7.90. The van der Waals surface area contributed by atoms with Crippen LogP contribution in [0, 0.1) is 52.3 Å². The van der Waals surface area contributed by atoms with Gasteiger partial charge >= 0.3 is 6.09 Å². The monoisotopic (exact) mass is 581 g/mol. The molecule has 8 heteroatoms. The van der Waals surface area contributed by atoms with Gasteiger partial charge in [0.05, 0.1) is 24.1 Å². The molecule has 5 aliphatic carbocycles. The smallest absolute Gasteiger partial charge is 0.420 e. The van der Waals surface area contributed by atoms with Crippen molar-refractivity contribution in [3.63, 3.8) is 0 Å². The maximum absolute atomic E-state index is 12.6. The lowest BCUT2D eigenvalue weighted by molar-refractivity contribution is -0.203. The van der Waals surface area contributed by atoms with Gasteiger partial charge in [0.15, 0.2) is 0 Å². The number of nitrogens with one attached hydrogen (secondary N) is 1. The molecule has 0 aromatic heterocycles. The molecule has 0 bridgehead atoms. The minimum atomic E-state index is -3.68.